The lowest BCUT2D eigenvalue weighted by atomic mass is 9.86. The van der Waals surface area contributed by atoms with Gasteiger partial charge in [-0.25, -0.2) is 13.1 Å². The summed E-state index contributed by atoms with van der Waals surface area (Å²) in [5, 5.41) is 13.5. The van der Waals surface area contributed by atoms with Gasteiger partial charge in [0.15, 0.2) is 11.4 Å². The van der Waals surface area contributed by atoms with Crippen LogP contribution in [-0.2, 0) is 15.4 Å². The van der Waals surface area contributed by atoms with E-state index in [1.807, 2.05) is 27.7 Å². The summed E-state index contributed by atoms with van der Waals surface area (Å²) in [6.07, 6.45) is 2.54. The second-order valence-corrected chi connectivity index (χ2v) is 11.3. The Morgan fingerprint density at radius 3 is 2.35 bits per heavy atom. The Morgan fingerprint density at radius 1 is 1.08 bits per heavy atom. The van der Waals surface area contributed by atoms with Crippen molar-refractivity contribution in [2.45, 2.75) is 40.0 Å². The van der Waals surface area contributed by atoms with Gasteiger partial charge in [0.05, 0.1) is 36.6 Å². The minimum Gasteiger partial charge on any atom is -0.492 e. The smallest absolute Gasteiger partial charge is 0.273 e. The molecule has 37 heavy (non-hydrogen) atoms. The van der Waals surface area contributed by atoms with Gasteiger partial charge in [-0.05, 0) is 54.7 Å². The third-order valence-electron chi connectivity index (χ3n) is 5.48. The van der Waals surface area contributed by atoms with Crippen LogP contribution in [0.25, 0.3) is 5.69 Å². The summed E-state index contributed by atoms with van der Waals surface area (Å²) in [6, 6.07) is 8.51. The Bertz CT molecular complexity index is 1440. The number of carbonyl (C=O) groups excluding carboxylic acids is 2. The summed E-state index contributed by atoms with van der Waals surface area (Å²) in [4.78, 5) is 25.4. The SMILES string of the molecule is CCNC(=O)c1cn(-c2cc(C(=O)Nc3cc(C(C)(C)C)cc(NS(C)(=O)=O)c3OC)ccc2C)nn1. The second kappa shape index (κ2) is 10.6. The highest BCUT2D eigenvalue weighted by molar-refractivity contribution is 7.92. The minimum absolute atomic E-state index is 0.158. The maximum Gasteiger partial charge on any atom is 0.273 e. The Morgan fingerprint density at radius 2 is 1.76 bits per heavy atom. The highest BCUT2D eigenvalue weighted by Crippen LogP contribution is 2.39. The van der Waals surface area contributed by atoms with Crippen LogP contribution in [0.2, 0.25) is 0 Å². The highest BCUT2D eigenvalue weighted by atomic mass is 32.2. The normalized spacial score (nSPS) is 11.6. The van der Waals surface area contributed by atoms with E-state index in [1.165, 1.54) is 18.0 Å². The highest BCUT2D eigenvalue weighted by Gasteiger charge is 2.23. The summed E-state index contributed by atoms with van der Waals surface area (Å²) in [7, 11) is -2.21. The summed E-state index contributed by atoms with van der Waals surface area (Å²) < 4.78 is 33.3. The zero-order chi connectivity index (χ0) is 27.5. The molecule has 0 atom stereocenters. The van der Waals surface area contributed by atoms with Crippen LogP contribution >= 0.6 is 0 Å². The molecule has 0 saturated carbocycles. The van der Waals surface area contributed by atoms with Gasteiger partial charge in [0, 0.05) is 12.1 Å². The van der Waals surface area contributed by atoms with Gasteiger partial charge in [0.2, 0.25) is 10.0 Å². The number of sulfonamides is 1. The molecule has 2 aromatic carbocycles. The number of rotatable bonds is 8. The van der Waals surface area contributed by atoms with E-state index in [0.717, 1.165) is 17.4 Å². The summed E-state index contributed by atoms with van der Waals surface area (Å²) in [6.45, 7) is 10.0. The van der Waals surface area contributed by atoms with E-state index in [1.54, 1.807) is 37.3 Å². The van der Waals surface area contributed by atoms with Crippen LogP contribution in [0.5, 0.6) is 5.75 Å². The Labute approximate surface area is 216 Å². The van der Waals surface area contributed by atoms with Crippen molar-refractivity contribution in [3.05, 3.63) is 58.9 Å². The molecular formula is C25H32N6O5S. The van der Waals surface area contributed by atoms with Crippen molar-refractivity contribution in [3.8, 4) is 11.4 Å². The number of aromatic nitrogens is 3. The molecule has 3 aromatic rings. The van der Waals surface area contributed by atoms with Crippen molar-refractivity contribution in [1.82, 2.24) is 20.3 Å². The quantitative estimate of drug-likeness (QED) is 0.407. The minimum atomic E-state index is -3.61. The second-order valence-electron chi connectivity index (χ2n) is 9.59. The molecule has 0 radical (unpaired) electrons. The molecule has 0 fully saturated rings. The third kappa shape index (κ3) is 6.64. The Hall–Kier alpha value is -3.93. The van der Waals surface area contributed by atoms with E-state index in [2.05, 4.69) is 25.7 Å². The first-order chi connectivity index (χ1) is 17.2. The van der Waals surface area contributed by atoms with E-state index in [0.29, 0.717) is 23.5 Å². The number of hydrogen-bond donors (Lipinski definition) is 3. The molecule has 0 saturated heterocycles. The lowest BCUT2D eigenvalue weighted by molar-refractivity contribution is 0.0950. The van der Waals surface area contributed by atoms with Crippen LogP contribution in [0, 0.1) is 6.92 Å². The van der Waals surface area contributed by atoms with E-state index >= 15 is 0 Å². The number of anilines is 2. The van der Waals surface area contributed by atoms with Crippen LogP contribution < -0.4 is 20.1 Å². The van der Waals surface area contributed by atoms with Gasteiger partial charge in [-0.3, -0.25) is 14.3 Å². The topological polar surface area (TPSA) is 144 Å². The van der Waals surface area contributed by atoms with E-state index in [4.69, 9.17) is 4.74 Å². The van der Waals surface area contributed by atoms with Gasteiger partial charge >= 0.3 is 0 Å². The van der Waals surface area contributed by atoms with Crippen molar-refractivity contribution < 1.29 is 22.7 Å². The van der Waals surface area contributed by atoms with E-state index in [9.17, 15) is 18.0 Å². The molecule has 3 rings (SSSR count). The summed E-state index contributed by atoms with van der Waals surface area (Å²) in [5.74, 6) is -0.605. The number of amides is 2. The van der Waals surface area contributed by atoms with Crippen molar-refractivity contribution in [3.63, 3.8) is 0 Å². The Kier molecular flexibility index (Phi) is 7.91. The van der Waals surface area contributed by atoms with Gasteiger partial charge in [0.25, 0.3) is 11.8 Å². The number of carbonyl (C=O) groups is 2. The van der Waals surface area contributed by atoms with Gasteiger partial charge in [0.1, 0.15) is 0 Å². The summed E-state index contributed by atoms with van der Waals surface area (Å²) >= 11 is 0. The maximum absolute atomic E-state index is 13.3. The molecule has 11 nitrogen and oxygen atoms in total. The molecule has 0 aliphatic heterocycles. The third-order valence-corrected chi connectivity index (χ3v) is 6.07. The molecule has 1 aromatic heterocycles. The number of ether oxygens (including phenoxy) is 1. The largest absolute Gasteiger partial charge is 0.492 e. The van der Waals surface area contributed by atoms with Gasteiger partial charge in [-0.2, -0.15) is 0 Å². The molecule has 198 valence electrons. The first-order valence-electron chi connectivity index (χ1n) is 11.6. The van der Waals surface area contributed by atoms with Crippen LogP contribution in [0.1, 0.15) is 59.7 Å². The molecule has 0 spiro atoms. The lowest BCUT2D eigenvalue weighted by Gasteiger charge is -2.24. The zero-order valence-electron chi connectivity index (χ0n) is 22.0. The fraction of sp³-hybridized carbons (Fsp3) is 0.360. The summed E-state index contributed by atoms with van der Waals surface area (Å²) in [5.41, 5.74) is 2.85. The molecule has 2 amide bonds. The number of benzene rings is 2. The van der Waals surface area contributed by atoms with Crippen LogP contribution in [-0.4, -0.2) is 55.1 Å². The number of nitrogens with one attached hydrogen (secondary N) is 3. The molecular weight excluding hydrogens is 496 g/mol. The van der Waals surface area contributed by atoms with Crippen molar-refractivity contribution >= 4 is 33.2 Å². The van der Waals surface area contributed by atoms with E-state index < -0.39 is 15.9 Å². The number of aryl methyl sites for hydroxylation is 1. The molecule has 12 heteroatoms. The molecule has 0 unspecified atom stereocenters. The van der Waals surface area contributed by atoms with Gasteiger partial charge in [-0.15, -0.1) is 5.10 Å². The van der Waals surface area contributed by atoms with Crippen LogP contribution in [0.15, 0.2) is 36.5 Å². The molecule has 3 N–H and O–H groups in total. The fourth-order valence-corrected chi connectivity index (χ4v) is 4.13. The monoisotopic (exact) mass is 528 g/mol. The Balaban J connectivity index is 2.01. The first-order valence-corrected chi connectivity index (χ1v) is 13.5. The lowest BCUT2D eigenvalue weighted by Crippen LogP contribution is -2.22. The number of hydrogen-bond acceptors (Lipinski definition) is 7. The van der Waals surface area contributed by atoms with Gasteiger partial charge < -0.3 is 15.4 Å². The maximum atomic E-state index is 13.3. The fourth-order valence-electron chi connectivity index (χ4n) is 3.58. The van der Waals surface area contributed by atoms with E-state index in [-0.39, 0.29) is 28.5 Å². The average Bonchev–Trinajstić information content (AvgIpc) is 3.28. The average molecular weight is 529 g/mol. The molecule has 0 bridgehead atoms. The standard InChI is InChI=1S/C25H32N6O5S/c1-8-26-24(33)20-14-31(30-28-20)21-11-16(10-9-15(21)2)23(32)27-18-12-17(25(3,4)5)13-19(22(18)36-6)29-37(7,34)35/h9-14,29H,8H2,1-7H3,(H,26,33)(H,27,32). The van der Waals surface area contributed by atoms with Gasteiger partial charge in [-0.1, -0.05) is 32.1 Å². The zero-order valence-corrected chi connectivity index (χ0v) is 22.8. The van der Waals surface area contributed by atoms with Crippen molar-refractivity contribution in [2.75, 3.05) is 29.9 Å². The van der Waals surface area contributed by atoms with Crippen LogP contribution in [0.4, 0.5) is 11.4 Å². The van der Waals surface area contributed by atoms with Crippen molar-refractivity contribution in [1.29, 1.82) is 0 Å². The molecule has 0 aliphatic carbocycles. The van der Waals surface area contributed by atoms with Crippen molar-refractivity contribution in [2.24, 2.45) is 0 Å². The molecule has 0 aliphatic rings. The first kappa shape index (κ1) is 27.7. The van der Waals surface area contributed by atoms with Crippen LogP contribution in [0.3, 0.4) is 0 Å². The number of nitrogens with zero attached hydrogens (tertiary/aromatic N) is 3. The molecule has 1 heterocycles. The number of methoxy groups -OCH3 is 1. The predicted molar refractivity (Wildman–Crippen MR) is 142 cm³/mol. The predicted octanol–water partition coefficient (Wildman–Crippen LogP) is 3.26.